The van der Waals surface area contributed by atoms with Crippen LogP contribution in [0.15, 0.2) is 108 Å². The van der Waals surface area contributed by atoms with Crippen molar-refractivity contribution >= 4 is 33.7 Å². The summed E-state index contributed by atoms with van der Waals surface area (Å²) >= 11 is 0. The van der Waals surface area contributed by atoms with Gasteiger partial charge in [-0.05, 0) is 66.7 Å². The average molecular weight is 473 g/mol. The molecule has 0 aliphatic heterocycles. The summed E-state index contributed by atoms with van der Waals surface area (Å²) in [5.74, 6) is 0.765. The number of hydrogen-bond acceptors (Lipinski definition) is 5. The second-order valence-corrected chi connectivity index (χ2v) is 8.08. The average Bonchev–Trinajstić information content (AvgIpc) is 3.40. The molecule has 0 fully saturated rings. The molecule has 8 nitrogen and oxygen atoms in total. The molecule has 0 saturated carbocycles. The van der Waals surface area contributed by atoms with Crippen LogP contribution in [0.4, 0.5) is 5.69 Å². The van der Waals surface area contributed by atoms with Gasteiger partial charge in [-0.1, -0.05) is 18.2 Å². The van der Waals surface area contributed by atoms with Crippen molar-refractivity contribution in [2.45, 2.75) is 0 Å². The molecule has 0 bridgehead atoms. The first-order valence-electron chi connectivity index (χ1n) is 11.2. The van der Waals surface area contributed by atoms with Gasteiger partial charge >= 0.3 is 0 Å². The molecular weight excluding hydrogens is 454 g/mol. The minimum Gasteiger partial charge on any atom is -0.457 e. The number of anilines is 1. The number of carbonyl (C=O) groups is 1. The van der Waals surface area contributed by atoms with Crippen molar-refractivity contribution in [3.05, 3.63) is 119 Å². The number of aromatic amines is 1. The van der Waals surface area contributed by atoms with Crippen molar-refractivity contribution in [3.8, 4) is 17.2 Å². The SMILES string of the molecule is O=C(Nc1ccc(Oc2ccnc3[nH]ccc23)cc1)c1cc2cccnc2n(-c2ccccc2)c1=O. The molecule has 174 valence electrons. The highest BCUT2D eigenvalue weighted by atomic mass is 16.5. The van der Waals surface area contributed by atoms with Crippen LogP contribution >= 0.6 is 0 Å². The van der Waals surface area contributed by atoms with Gasteiger partial charge in [0.25, 0.3) is 11.5 Å². The predicted molar refractivity (Wildman–Crippen MR) is 138 cm³/mol. The number of benzene rings is 2. The van der Waals surface area contributed by atoms with E-state index in [0.29, 0.717) is 33.9 Å². The highest BCUT2D eigenvalue weighted by molar-refractivity contribution is 6.05. The first-order valence-corrected chi connectivity index (χ1v) is 11.2. The van der Waals surface area contributed by atoms with Crippen molar-refractivity contribution in [3.63, 3.8) is 0 Å². The number of nitrogens with zero attached hydrogens (tertiary/aromatic N) is 3. The molecular formula is C28H19N5O3. The monoisotopic (exact) mass is 473 g/mol. The zero-order chi connectivity index (χ0) is 24.5. The summed E-state index contributed by atoms with van der Waals surface area (Å²) in [4.78, 5) is 38.2. The van der Waals surface area contributed by atoms with E-state index in [2.05, 4.69) is 20.3 Å². The topological polar surface area (TPSA) is 102 Å². The minimum atomic E-state index is -0.507. The number of carbonyl (C=O) groups excluding carboxylic acids is 1. The molecule has 1 amide bonds. The molecule has 0 spiro atoms. The van der Waals surface area contributed by atoms with Crippen LogP contribution < -0.4 is 15.6 Å². The number of amides is 1. The Kier molecular flexibility index (Phi) is 5.23. The van der Waals surface area contributed by atoms with Gasteiger partial charge in [-0.2, -0.15) is 0 Å². The molecule has 6 aromatic rings. The highest BCUT2D eigenvalue weighted by Crippen LogP contribution is 2.29. The van der Waals surface area contributed by atoms with Crippen LogP contribution in [0, 0.1) is 0 Å². The van der Waals surface area contributed by atoms with Crippen LogP contribution in [0.1, 0.15) is 10.4 Å². The van der Waals surface area contributed by atoms with Crippen molar-refractivity contribution in [2.24, 2.45) is 0 Å². The number of pyridine rings is 3. The van der Waals surface area contributed by atoms with E-state index in [9.17, 15) is 9.59 Å². The lowest BCUT2D eigenvalue weighted by Gasteiger charge is -2.12. The third-order valence-electron chi connectivity index (χ3n) is 5.78. The summed E-state index contributed by atoms with van der Waals surface area (Å²) in [6, 6.07) is 24.9. The summed E-state index contributed by atoms with van der Waals surface area (Å²) in [5, 5.41) is 4.37. The van der Waals surface area contributed by atoms with E-state index in [4.69, 9.17) is 4.74 Å². The normalized spacial score (nSPS) is 11.0. The maximum absolute atomic E-state index is 13.4. The van der Waals surface area contributed by atoms with Gasteiger partial charge in [0, 0.05) is 29.7 Å². The number of fused-ring (bicyclic) bond motifs is 2. The zero-order valence-corrected chi connectivity index (χ0v) is 18.9. The molecule has 0 aliphatic carbocycles. The number of nitrogens with one attached hydrogen (secondary N) is 2. The Labute approximate surface area is 204 Å². The zero-order valence-electron chi connectivity index (χ0n) is 18.9. The molecule has 6 rings (SSSR count). The van der Waals surface area contributed by atoms with Crippen LogP contribution in [-0.2, 0) is 0 Å². The van der Waals surface area contributed by atoms with Crippen molar-refractivity contribution < 1.29 is 9.53 Å². The molecule has 4 aromatic heterocycles. The van der Waals surface area contributed by atoms with Crippen LogP contribution in [0.3, 0.4) is 0 Å². The Hall–Kier alpha value is -5.24. The van der Waals surface area contributed by atoms with E-state index in [0.717, 1.165) is 11.0 Å². The third-order valence-corrected chi connectivity index (χ3v) is 5.78. The van der Waals surface area contributed by atoms with Crippen LogP contribution in [0.2, 0.25) is 0 Å². The Morgan fingerprint density at radius 3 is 2.56 bits per heavy atom. The molecule has 0 saturated heterocycles. The Morgan fingerprint density at radius 2 is 1.72 bits per heavy atom. The first kappa shape index (κ1) is 21.3. The Balaban J connectivity index is 1.29. The largest absolute Gasteiger partial charge is 0.457 e. The van der Waals surface area contributed by atoms with Crippen LogP contribution in [-0.4, -0.2) is 25.4 Å². The lowest BCUT2D eigenvalue weighted by Crippen LogP contribution is -2.29. The van der Waals surface area contributed by atoms with Gasteiger partial charge in [0.15, 0.2) is 0 Å². The minimum absolute atomic E-state index is 0.0197. The molecule has 0 aliphatic rings. The second-order valence-electron chi connectivity index (χ2n) is 8.08. The summed E-state index contributed by atoms with van der Waals surface area (Å²) in [5.41, 5.74) is 1.97. The van der Waals surface area contributed by atoms with E-state index in [1.165, 1.54) is 4.57 Å². The van der Waals surface area contributed by atoms with Gasteiger partial charge in [-0.25, -0.2) is 9.97 Å². The van der Waals surface area contributed by atoms with Gasteiger partial charge in [0.2, 0.25) is 0 Å². The first-order chi connectivity index (χ1) is 17.7. The van der Waals surface area contributed by atoms with Crippen molar-refractivity contribution in [2.75, 3.05) is 5.32 Å². The van der Waals surface area contributed by atoms with Gasteiger partial charge in [0.1, 0.15) is 28.4 Å². The summed E-state index contributed by atoms with van der Waals surface area (Å²) in [7, 11) is 0. The molecule has 4 heterocycles. The fourth-order valence-corrected chi connectivity index (χ4v) is 4.08. The van der Waals surface area contributed by atoms with Gasteiger partial charge < -0.3 is 15.0 Å². The third kappa shape index (κ3) is 3.86. The highest BCUT2D eigenvalue weighted by Gasteiger charge is 2.17. The quantitative estimate of drug-likeness (QED) is 0.353. The maximum atomic E-state index is 13.4. The summed E-state index contributed by atoms with van der Waals surface area (Å²) in [6.07, 6.45) is 5.10. The van der Waals surface area contributed by atoms with Crippen LogP contribution in [0.5, 0.6) is 11.5 Å². The fraction of sp³-hybridized carbons (Fsp3) is 0. The molecule has 0 radical (unpaired) electrons. The Morgan fingerprint density at radius 1 is 0.889 bits per heavy atom. The van der Waals surface area contributed by atoms with Gasteiger partial charge in [-0.3, -0.25) is 14.2 Å². The molecule has 0 unspecified atom stereocenters. The lowest BCUT2D eigenvalue weighted by molar-refractivity contribution is 0.102. The van der Waals surface area contributed by atoms with Crippen molar-refractivity contribution in [1.29, 1.82) is 0 Å². The predicted octanol–water partition coefficient (Wildman–Crippen LogP) is 5.31. The molecule has 2 N–H and O–H groups in total. The van der Waals surface area contributed by atoms with E-state index < -0.39 is 11.5 Å². The number of hydrogen-bond donors (Lipinski definition) is 2. The number of rotatable bonds is 5. The molecule has 2 aromatic carbocycles. The van der Waals surface area contributed by atoms with E-state index in [1.807, 2.05) is 30.3 Å². The van der Waals surface area contributed by atoms with Gasteiger partial charge in [-0.15, -0.1) is 0 Å². The van der Waals surface area contributed by atoms with E-state index in [-0.39, 0.29) is 5.56 Å². The number of ether oxygens (including phenoxy) is 1. The fourth-order valence-electron chi connectivity index (χ4n) is 4.08. The maximum Gasteiger partial charge on any atom is 0.269 e. The van der Waals surface area contributed by atoms with E-state index >= 15 is 0 Å². The van der Waals surface area contributed by atoms with E-state index in [1.54, 1.807) is 73.2 Å². The van der Waals surface area contributed by atoms with Crippen molar-refractivity contribution in [1.82, 2.24) is 19.5 Å². The second kappa shape index (κ2) is 8.84. The summed E-state index contributed by atoms with van der Waals surface area (Å²) in [6.45, 7) is 0. The molecule has 8 heteroatoms. The lowest BCUT2D eigenvalue weighted by atomic mass is 10.1. The molecule has 36 heavy (non-hydrogen) atoms. The van der Waals surface area contributed by atoms with Crippen LogP contribution in [0.25, 0.3) is 27.8 Å². The Bertz CT molecular complexity index is 1770. The standard InChI is InChI=1S/C28H19N5O3/c34-27(23-17-18-5-4-14-31-26(18)33(28(23)35)20-6-2-1-3-7-20)32-19-8-10-21(11-9-19)36-24-13-16-30-25-22(24)12-15-29-25/h1-17H,(H,29,30)(H,32,34). The molecule has 0 atom stereocenters. The van der Waals surface area contributed by atoms with Gasteiger partial charge in [0.05, 0.1) is 11.1 Å². The summed E-state index contributed by atoms with van der Waals surface area (Å²) < 4.78 is 7.45. The smallest absolute Gasteiger partial charge is 0.269 e. The number of para-hydroxylation sites is 1. The number of aromatic nitrogens is 4. The number of H-pyrrole nitrogens is 1.